The number of aliphatic hydroxyl groups is 1. The minimum absolute atomic E-state index is 0.0213. The van der Waals surface area contributed by atoms with Gasteiger partial charge >= 0.3 is 0 Å². The number of Topliss-reactive ketones (excluding diaryl/α,β-unsaturated/α-hetero) is 1. The minimum atomic E-state index is -0.825. The highest BCUT2D eigenvalue weighted by Gasteiger charge is 2.47. The Bertz CT molecular complexity index is 1420. The smallest absolute Gasteiger partial charge is 0.300 e. The SMILES string of the molecule is Cc1ccccc1C1/C(=C(\O)c2ccc3c(c2)N(C)CCO3)C(=O)C(=O)N1c1ccc(C#N)cc1. The Hall–Kier alpha value is -4.57. The molecule has 174 valence electrons. The van der Waals surface area contributed by atoms with Crippen LogP contribution in [0.1, 0.15) is 28.3 Å². The predicted octanol–water partition coefficient (Wildman–Crippen LogP) is 4.32. The van der Waals surface area contributed by atoms with Gasteiger partial charge in [0.25, 0.3) is 11.7 Å². The summed E-state index contributed by atoms with van der Waals surface area (Å²) in [5, 5.41) is 20.6. The first-order valence-corrected chi connectivity index (χ1v) is 11.3. The number of amides is 1. The number of rotatable bonds is 3. The third-order valence-corrected chi connectivity index (χ3v) is 6.53. The van der Waals surface area contributed by atoms with Crippen LogP contribution >= 0.6 is 0 Å². The van der Waals surface area contributed by atoms with E-state index in [2.05, 4.69) is 6.07 Å². The summed E-state index contributed by atoms with van der Waals surface area (Å²) >= 11 is 0. The highest BCUT2D eigenvalue weighted by Crippen LogP contribution is 2.44. The lowest BCUT2D eigenvalue weighted by Crippen LogP contribution is -2.29. The first-order chi connectivity index (χ1) is 16.9. The van der Waals surface area contributed by atoms with Crippen molar-refractivity contribution in [1.82, 2.24) is 0 Å². The molecule has 0 spiro atoms. The fraction of sp³-hybridized carbons (Fsp3) is 0.179. The highest BCUT2D eigenvalue weighted by atomic mass is 16.5. The second kappa shape index (κ2) is 8.65. The van der Waals surface area contributed by atoms with Gasteiger partial charge < -0.3 is 14.7 Å². The number of aliphatic hydroxyl groups excluding tert-OH is 1. The van der Waals surface area contributed by atoms with Crippen molar-refractivity contribution in [3.05, 3.63) is 94.6 Å². The number of anilines is 2. The molecular weight excluding hydrogens is 442 g/mol. The van der Waals surface area contributed by atoms with Gasteiger partial charge in [-0.25, -0.2) is 0 Å². The number of hydrogen-bond donors (Lipinski definition) is 1. The van der Waals surface area contributed by atoms with Crippen LogP contribution in [0.3, 0.4) is 0 Å². The molecule has 2 heterocycles. The van der Waals surface area contributed by atoms with Gasteiger partial charge in [0.05, 0.1) is 35.5 Å². The Kier molecular flexibility index (Phi) is 5.50. The molecule has 7 nitrogen and oxygen atoms in total. The van der Waals surface area contributed by atoms with E-state index >= 15 is 0 Å². The first-order valence-electron chi connectivity index (χ1n) is 11.3. The maximum atomic E-state index is 13.4. The number of nitrogens with zero attached hydrogens (tertiary/aromatic N) is 3. The molecule has 0 saturated carbocycles. The molecule has 0 aromatic heterocycles. The molecule has 1 amide bonds. The molecule has 1 saturated heterocycles. The summed E-state index contributed by atoms with van der Waals surface area (Å²) in [7, 11) is 1.93. The summed E-state index contributed by atoms with van der Waals surface area (Å²) in [5.41, 5.74) is 3.77. The van der Waals surface area contributed by atoms with Crippen LogP contribution in [0.15, 0.2) is 72.3 Å². The highest BCUT2D eigenvalue weighted by molar-refractivity contribution is 6.51. The number of carbonyl (C=O) groups is 2. The van der Waals surface area contributed by atoms with Crippen molar-refractivity contribution in [3.8, 4) is 11.8 Å². The zero-order valence-electron chi connectivity index (χ0n) is 19.4. The van der Waals surface area contributed by atoms with Crippen molar-refractivity contribution < 1.29 is 19.4 Å². The summed E-state index contributed by atoms with van der Waals surface area (Å²) in [4.78, 5) is 30.1. The van der Waals surface area contributed by atoms with Gasteiger partial charge in [0, 0.05) is 18.3 Å². The van der Waals surface area contributed by atoms with Gasteiger partial charge in [-0.1, -0.05) is 24.3 Å². The summed E-state index contributed by atoms with van der Waals surface area (Å²) in [6.07, 6.45) is 0. The van der Waals surface area contributed by atoms with E-state index in [1.807, 2.05) is 43.1 Å². The van der Waals surface area contributed by atoms with E-state index in [-0.39, 0.29) is 11.3 Å². The van der Waals surface area contributed by atoms with E-state index in [4.69, 9.17) is 10.00 Å². The molecule has 2 aliphatic rings. The number of fused-ring (bicyclic) bond motifs is 1. The topological polar surface area (TPSA) is 93.9 Å². The van der Waals surface area contributed by atoms with Crippen LogP contribution in [-0.4, -0.2) is 37.0 Å². The molecule has 0 radical (unpaired) electrons. The number of aryl methyl sites for hydroxylation is 1. The van der Waals surface area contributed by atoms with Crippen molar-refractivity contribution in [1.29, 1.82) is 5.26 Å². The summed E-state index contributed by atoms with van der Waals surface area (Å²) in [6.45, 7) is 3.17. The Balaban J connectivity index is 1.71. The summed E-state index contributed by atoms with van der Waals surface area (Å²) < 4.78 is 5.70. The molecule has 7 heteroatoms. The lowest BCUT2D eigenvalue weighted by atomic mass is 9.92. The molecule has 5 rings (SSSR count). The molecule has 1 atom stereocenters. The van der Waals surface area contributed by atoms with E-state index in [1.165, 1.54) is 4.90 Å². The third-order valence-electron chi connectivity index (χ3n) is 6.53. The van der Waals surface area contributed by atoms with Crippen molar-refractivity contribution >= 4 is 28.8 Å². The number of ether oxygens (including phenoxy) is 1. The van der Waals surface area contributed by atoms with Crippen LogP contribution in [0.25, 0.3) is 5.76 Å². The average Bonchev–Trinajstić information content (AvgIpc) is 3.14. The fourth-order valence-electron chi connectivity index (χ4n) is 4.64. The fourth-order valence-corrected chi connectivity index (χ4v) is 4.64. The molecule has 1 fully saturated rings. The van der Waals surface area contributed by atoms with Crippen LogP contribution in [0.4, 0.5) is 11.4 Å². The number of ketones is 1. The quantitative estimate of drug-likeness (QED) is 0.352. The third kappa shape index (κ3) is 3.69. The Morgan fingerprint density at radius 2 is 1.83 bits per heavy atom. The van der Waals surface area contributed by atoms with Crippen molar-refractivity contribution in [2.45, 2.75) is 13.0 Å². The number of carbonyl (C=O) groups excluding carboxylic acids is 2. The Morgan fingerprint density at radius 3 is 2.54 bits per heavy atom. The lowest BCUT2D eigenvalue weighted by Gasteiger charge is -2.28. The number of nitriles is 1. The molecule has 2 aliphatic heterocycles. The van der Waals surface area contributed by atoms with Crippen LogP contribution in [-0.2, 0) is 9.59 Å². The molecule has 3 aromatic rings. The predicted molar refractivity (Wildman–Crippen MR) is 132 cm³/mol. The number of likely N-dealkylation sites (N-methyl/N-ethyl adjacent to an activating group) is 1. The molecule has 35 heavy (non-hydrogen) atoms. The molecule has 0 bridgehead atoms. The van der Waals surface area contributed by atoms with E-state index in [9.17, 15) is 14.7 Å². The molecular formula is C28H23N3O4. The zero-order valence-corrected chi connectivity index (χ0v) is 19.4. The van der Waals surface area contributed by atoms with Gasteiger partial charge in [-0.05, 0) is 60.5 Å². The average molecular weight is 466 g/mol. The van der Waals surface area contributed by atoms with Gasteiger partial charge in [0.2, 0.25) is 0 Å². The van der Waals surface area contributed by atoms with Gasteiger partial charge in [0.15, 0.2) is 0 Å². The standard InChI is InChI=1S/C28H23N3O4/c1-17-5-3-4-6-21(17)25-24(26(32)19-9-12-23-22(15-19)30(2)13-14-35-23)27(33)28(34)31(25)20-10-7-18(16-29)8-11-20/h3-12,15,25,32H,13-14H2,1-2H3/b26-24+. The van der Waals surface area contributed by atoms with E-state index < -0.39 is 17.7 Å². The number of hydrogen-bond acceptors (Lipinski definition) is 6. The second-order valence-corrected chi connectivity index (χ2v) is 8.64. The van der Waals surface area contributed by atoms with Gasteiger partial charge in [0.1, 0.15) is 18.1 Å². The molecule has 1 unspecified atom stereocenters. The Labute approximate surface area is 203 Å². The zero-order chi connectivity index (χ0) is 24.7. The van der Waals surface area contributed by atoms with Crippen molar-refractivity contribution in [2.24, 2.45) is 0 Å². The Morgan fingerprint density at radius 1 is 1.09 bits per heavy atom. The molecule has 1 N–H and O–H groups in total. The normalized spacial score (nSPS) is 18.7. The van der Waals surface area contributed by atoms with Gasteiger partial charge in [-0.3, -0.25) is 14.5 Å². The second-order valence-electron chi connectivity index (χ2n) is 8.64. The summed E-state index contributed by atoms with van der Waals surface area (Å²) in [5.74, 6) is -1.04. The maximum Gasteiger partial charge on any atom is 0.300 e. The minimum Gasteiger partial charge on any atom is -0.507 e. The first kappa shape index (κ1) is 22.2. The van der Waals surface area contributed by atoms with Gasteiger partial charge in [-0.15, -0.1) is 0 Å². The van der Waals surface area contributed by atoms with E-state index in [0.717, 1.165) is 16.8 Å². The molecule has 0 aliphatic carbocycles. The largest absolute Gasteiger partial charge is 0.507 e. The van der Waals surface area contributed by atoms with E-state index in [0.29, 0.717) is 35.7 Å². The molecule has 3 aromatic carbocycles. The van der Waals surface area contributed by atoms with E-state index in [1.54, 1.807) is 42.5 Å². The van der Waals surface area contributed by atoms with Crippen LogP contribution < -0.4 is 14.5 Å². The van der Waals surface area contributed by atoms with Crippen LogP contribution in [0.5, 0.6) is 5.75 Å². The summed E-state index contributed by atoms with van der Waals surface area (Å²) in [6, 6.07) is 20.4. The maximum absolute atomic E-state index is 13.4. The van der Waals surface area contributed by atoms with Crippen LogP contribution in [0.2, 0.25) is 0 Å². The van der Waals surface area contributed by atoms with Crippen molar-refractivity contribution in [2.75, 3.05) is 30.0 Å². The monoisotopic (exact) mass is 465 g/mol. The van der Waals surface area contributed by atoms with Crippen molar-refractivity contribution in [3.63, 3.8) is 0 Å². The van der Waals surface area contributed by atoms with Gasteiger partial charge in [-0.2, -0.15) is 5.26 Å². The lowest BCUT2D eigenvalue weighted by molar-refractivity contribution is -0.132. The van der Waals surface area contributed by atoms with Crippen LogP contribution in [0, 0.1) is 18.3 Å². The number of benzene rings is 3.